The highest BCUT2D eigenvalue weighted by atomic mass is 32.1. The van der Waals surface area contributed by atoms with E-state index in [-0.39, 0.29) is 30.8 Å². The zero-order chi connectivity index (χ0) is 19.9. The molecule has 0 saturated heterocycles. The Hall–Kier alpha value is -3.06. The van der Waals surface area contributed by atoms with Crippen LogP contribution in [0.2, 0.25) is 0 Å². The normalized spacial score (nSPS) is 11.6. The lowest BCUT2D eigenvalue weighted by molar-refractivity contribution is -0.145. The molecule has 1 N–H and O–H groups in total. The van der Waals surface area contributed by atoms with Crippen molar-refractivity contribution in [3.63, 3.8) is 0 Å². The van der Waals surface area contributed by atoms with Crippen LogP contribution in [-0.2, 0) is 16.1 Å². The summed E-state index contributed by atoms with van der Waals surface area (Å²) in [6.45, 7) is 1.80. The predicted molar refractivity (Wildman–Crippen MR) is 105 cm³/mol. The van der Waals surface area contributed by atoms with Crippen molar-refractivity contribution in [2.75, 3.05) is 0 Å². The molecule has 1 amide bonds. The molecule has 5 nitrogen and oxygen atoms in total. The molecule has 0 aliphatic rings. The van der Waals surface area contributed by atoms with Gasteiger partial charge in [-0.15, -0.1) is 11.3 Å². The molecular formula is C21H19FN2O3S. The van der Waals surface area contributed by atoms with E-state index in [9.17, 15) is 14.0 Å². The van der Waals surface area contributed by atoms with Gasteiger partial charge in [0.15, 0.2) is 0 Å². The third-order valence-corrected chi connectivity index (χ3v) is 4.85. The minimum atomic E-state index is -0.419. The van der Waals surface area contributed by atoms with Crippen molar-refractivity contribution in [3.8, 4) is 10.6 Å². The van der Waals surface area contributed by atoms with E-state index < -0.39 is 5.97 Å². The average molecular weight is 398 g/mol. The van der Waals surface area contributed by atoms with Crippen LogP contribution >= 0.6 is 11.3 Å². The maximum Gasteiger partial charge on any atom is 0.308 e. The maximum absolute atomic E-state index is 13.0. The number of rotatable bonds is 7. The molecule has 2 aromatic carbocycles. The first-order chi connectivity index (χ1) is 13.5. The van der Waals surface area contributed by atoms with Gasteiger partial charge in [0.1, 0.15) is 17.4 Å². The van der Waals surface area contributed by atoms with Gasteiger partial charge in [-0.3, -0.25) is 9.59 Å². The molecule has 1 atom stereocenters. The van der Waals surface area contributed by atoms with Crippen molar-refractivity contribution < 1.29 is 18.7 Å². The highest BCUT2D eigenvalue weighted by Gasteiger charge is 2.15. The SMILES string of the molecule is CC(CC(=O)OCc1csc(-c2ccc(F)cc2)n1)NC(=O)c1ccccc1. The van der Waals surface area contributed by atoms with Crippen LogP contribution in [0.25, 0.3) is 10.6 Å². The first kappa shape index (κ1) is 19.7. The number of benzene rings is 2. The molecule has 0 aliphatic heterocycles. The van der Waals surface area contributed by atoms with E-state index >= 15 is 0 Å². The second kappa shape index (κ2) is 9.23. The molecule has 1 heterocycles. The first-order valence-electron chi connectivity index (χ1n) is 8.73. The molecule has 3 rings (SSSR count). The van der Waals surface area contributed by atoms with E-state index in [4.69, 9.17) is 4.74 Å². The Morgan fingerprint density at radius 3 is 2.57 bits per heavy atom. The molecular weight excluding hydrogens is 379 g/mol. The fourth-order valence-electron chi connectivity index (χ4n) is 2.51. The lowest BCUT2D eigenvalue weighted by Gasteiger charge is -2.13. The van der Waals surface area contributed by atoms with Crippen LogP contribution in [0.4, 0.5) is 4.39 Å². The van der Waals surface area contributed by atoms with E-state index in [1.54, 1.807) is 48.7 Å². The van der Waals surface area contributed by atoms with Crippen molar-refractivity contribution >= 4 is 23.2 Å². The summed E-state index contributed by atoms with van der Waals surface area (Å²) >= 11 is 1.40. The summed E-state index contributed by atoms with van der Waals surface area (Å²) in [7, 11) is 0. The van der Waals surface area contributed by atoms with Crippen LogP contribution in [0.15, 0.2) is 60.0 Å². The van der Waals surface area contributed by atoms with Crippen molar-refractivity contribution in [1.29, 1.82) is 0 Å². The molecule has 0 aliphatic carbocycles. The van der Waals surface area contributed by atoms with Gasteiger partial charge in [-0.05, 0) is 43.3 Å². The Morgan fingerprint density at radius 2 is 1.86 bits per heavy atom. The van der Waals surface area contributed by atoms with Gasteiger partial charge >= 0.3 is 5.97 Å². The molecule has 0 spiro atoms. The number of carbonyl (C=O) groups is 2. The number of nitrogens with one attached hydrogen (secondary N) is 1. The Labute approximate surface area is 166 Å². The number of thiazole rings is 1. The van der Waals surface area contributed by atoms with Crippen molar-refractivity contribution in [2.45, 2.75) is 26.0 Å². The van der Waals surface area contributed by atoms with E-state index in [0.29, 0.717) is 11.3 Å². The largest absolute Gasteiger partial charge is 0.459 e. The Kier molecular flexibility index (Phi) is 6.49. The van der Waals surface area contributed by atoms with Crippen LogP contribution < -0.4 is 5.32 Å². The molecule has 0 radical (unpaired) electrons. The van der Waals surface area contributed by atoms with E-state index in [0.717, 1.165) is 10.6 Å². The van der Waals surface area contributed by atoms with E-state index in [2.05, 4.69) is 10.3 Å². The maximum atomic E-state index is 13.0. The van der Waals surface area contributed by atoms with Crippen molar-refractivity contribution in [1.82, 2.24) is 10.3 Å². The van der Waals surface area contributed by atoms with Gasteiger partial charge in [-0.25, -0.2) is 9.37 Å². The van der Waals surface area contributed by atoms with Gasteiger partial charge in [0, 0.05) is 22.5 Å². The van der Waals surface area contributed by atoms with Crippen molar-refractivity contribution in [3.05, 3.63) is 77.1 Å². The minimum Gasteiger partial charge on any atom is -0.459 e. The van der Waals surface area contributed by atoms with E-state index in [1.807, 2.05) is 6.07 Å². The number of ether oxygens (including phenoxy) is 1. The number of hydrogen-bond acceptors (Lipinski definition) is 5. The summed E-state index contributed by atoms with van der Waals surface area (Å²) in [5, 5.41) is 5.30. The standard InChI is InChI=1S/C21H19FN2O3S/c1-14(23-20(26)15-5-3-2-4-6-15)11-19(25)27-12-18-13-28-21(24-18)16-7-9-17(22)10-8-16/h2-10,13-14H,11-12H2,1H3,(H,23,26). The molecule has 1 aromatic heterocycles. The number of halogens is 1. The second-order valence-electron chi connectivity index (χ2n) is 6.26. The quantitative estimate of drug-likeness (QED) is 0.606. The van der Waals surface area contributed by atoms with Crippen molar-refractivity contribution in [2.24, 2.45) is 0 Å². The summed E-state index contributed by atoms with van der Waals surface area (Å²) in [5.74, 6) is -0.954. The number of carbonyl (C=O) groups excluding carboxylic acids is 2. The summed E-state index contributed by atoms with van der Waals surface area (Å²) in [5.41, 5.74) is 1.97. The first-order valence-corrected chi connectivity index (χ1v) is 9.61. The number of nitrogens with zero attached hydrogens (tertiary/aromatic N) is 1. The van der Waals surface area contributed by atoms with Gasteiger partial charge in [0.25, 0.3) is 5.91 Å². The average Bonchev–Trinajstić information content (AvgIpc) is 3.16. The number of amides is 1. The van der Waals surface area contributed by atoms with E-state index in [1.165, 1.54) is 23.5 Å². The smallest absolute Gasteiger partial charge is 0.308 e. The topological polar surface area (TPSA) is 68.3 Å². The molecule has 144 valence electrons. The fourth-order valence-corrected chi connectivity index (χ4v) is 3.32. The van der Waals surface area contributed by atoms with Crippen LogP contribution in [-0.4, -0.2) is 22.9 Å². The zero-order valence-electron chi connectivity index (χ0n) is 15.2. The monoisotopic (exact) mass is 398 g/mol. The third-order valence-electron chi connectivity index (χ3n) is 3.91. The van der Waals surface area contributed by atoms with Crippen LogP contribution in [0.5, 0.6) is 0 Å². The Bertz CT molecular complexity index is 942. The lowest BCUT2D eigenvalue weighted by Crippen LogP contribution is -2.34. The third kappa shape index (κ3) is 5.47. The van der Waals surface area contributed by atoms with Gasteiger partial charge in [-0.2, -0.15) is 0 Å². The molecule has 7 heteroatoms. The zero-order valence-corrected chi connectivity index (χ0v) is 16.0. The summed E-state index contributed by atoms with van der Waals surface area (Å²) < 4.78 is 18.2. The number of hydrogen-bond donors (Lipinski definition) is 1. The molecule has 0 fully saturated rings. The number of aromatic nitrogens is 1. The van der Waals surface area contributed by atoms with Crippen LogP contribution in [0.3, 0.4) is 0 Å². The van der Waals surface area contributed by atoms with Gasteiger partial charge in [0.2, 0.25) is 0 Å². The minimum absolute atomic E-state index is 0.0515. The Balaban J connectivity index is 1.46. The summed E-state index contributed by atoms with van der Waals surface area (Å²) in [4.78, 5) is 28.5. The Morgan fingerprint density at radius 1 is 1.14 bits per heavy atom. The molecule has 0 saturated carbocycles. The number of esters is 1. The van der Waals surface area contributed by atoms with Gasteiger partial charge in [-0.1, -0.05) is 18.2 Å². The molecule has 28 heavy (non-hydrogen) atoms. The summed E-state index contributed by atoms with van der Waals surface area (Å²) in [6.07, 6.45) is 0.0630. The van der Waals surface area contributed by atoms with Gasteiger partial charge in [0.05, 0.1) is 12.1 Å². The lowest BCUT2D eigenvalue weighted by atomic mass is 10.2. The molecule has 3 aromatic rings. The highest BCUT2D eigenvalue weighted by Crippen LogP contribution is 2.24. The molecule has 0 bridgehead atoms. The van der Waals surface area contributed by atoms with Gasteiger partial charge < -0.3 is 10.1 Å². The second-order valence-corrected chi connectivity index (χ2v) is 7.11. The summed E-state index contributed by atoms with van der Waals surface area (Å²) in [6, 6.07) is 14.5. The predicted octanol–water partition coefficient (Wildman–Crippen LogP) is 4.20. The highest BCUT2D eigenvalue weighted by molar-refractivity contribution is 7.13. The molecule has 1 unspecified atom stereocenters. The van der Waals surface area contributed by atoms with Crippen LogP contribution in [0.1, 0.15) is 29.4 Å². The fraction of sp³-hybridized carbons (Fsp3) is 0.190. The van der Waals surface area contributed by atoms with Crippen LogP contribution in [0, 0.1) is 5.82 Å².